The zero-order valence-corrected chi connectivity index (χ0v) is 31.8. The highest BCUT2D eigenvalue weighted by Crippen LogP contribution is 2.51. The van der Waals surface area contributed by atoms with Crippen molar-refractivity contribution in [3.8, 4) is 50.2 Å². The van der Waals surface area contributed by atoms with Gasteiger partial charge in [-0.2, -0.15) is 0 Å². The number of imidazole rings is 1. The molecule has 0 fully saturated rings. The molecule has 2 heteroatoms. The number of hydrogen-bond donors (Lipinski definition) is 0. The Balaban J connectivity index is 1.14. The SMILES string of the molecule is CCc1nc2ccccc2n1-c1ccc2cc(-c3c4ccccc4c(-c4ccc5c(c4)C(C)(C)c4ccccc4-5)c4cc(-c5ccccc5)ccc34)ccc2c1. The van der Waals surface area contributed by atoms with Crippen molar-refractivity contribution in [2.45, 2.75) is 32.6 Å². The lowest BCUT2D eigenvalue weighted by Gasteiger charge is -2.23. The monoisotopic (exact) mass is 716 g/mol. The first-order valence-electron chi connectivity index (χ1n) is 19.8. The molecule has 1 aromatic heterocycles. The Hall–Kier alpha value is -6.77. The first kappa shape index (κ1) is 32.6. The molecule has 0 atom stereocenters. The molecular weight excluding hydrogens is 677 g/mol. The summed E-state index contributed by atoms with van der Waals surface area (Å²) in [7, 11) is 0. The number of aromatic nitrogens is 2. The highest BCUT2D eigenvalue weighted by molar-refractivity contribution is 6.22. The molecule has 0 unspecified atom stereocenters. The minimum absolute atomic E-state index is 0.0866. The average Bonchev–Trinajstić information content (AvgIpc) is 3.74. The predicted octanol–water partition coefficient (Wildman–Crippen LogP) is 14.4. The summed E-state index contributed by atoms with van der Waals surface area (Å²) in [6.07, 6.45) is 0.866. The lowest BCUT2D eigenvalue weighted by Crippen LogP contribution is -2.14. The van der Waals surface area contributed by atoms with Gasteiger partial charge in [0, 0.05) is 17.5 Å². The third kappa shape index (κ3) is 4.85. The van der Waals surface area contributed by atoms with Crippen molar-refractivity contribution in [3.63, 3.8) is 0 Å². The van der Waals surface area contributed by atoms with Crippen LogP contribution in [0.5, 0.6) is 0 Å². The quantitative estimate of drug-likeness (QED) is 0.162. The first-order chi connectivity index (χ1) is 27.5. The summed E-state index contributed by atoms with van der Waals surface area (Å²) < 4.78 is 2.31. The van der Waals surface area contributed by atoms with E-state index in [1.807, 2.05) is 0 Å². The lowest BCUT2D eigenvalue weighted by atomic mass is 9.80. The number of para-hydroxylation sites is 2. The molecule has 0 saturated carbocycles. The van der Waals surface area contributed by atoms with E-state index in [-0.39, 0.29) is 5.41 Å². The summed E-state index contributed by atoms with van der Waals surface area (Å²) in [5.74, 6) is 1.08. The lowest BCUT2D eigenvalue weighted by molar-refractivity contribution is 0.660. The molecule has 0 spiro atoms. The number of nitrogens with zero attached hydrogens (tertiary/aromatic N) is 2. The van der Waals surface area contributed by atoms with E-state index < -0.39 is 0 Å². The van der Waals surface area contributed by atoms with Crippen LogP contribution in [0.4, 0.5) is 0 Å². The summed E-state index contributed by atoms with van der Waals surface area (Å²) in [6, 6.07) is 65.3. The Morgan fingerprint density at radius 3 is 1.93 bits per heavy atom. The highest BCUT2D eigenvalue weighted by atomic mass is 15.1. The molecule has 0 radical (unpaired) electrons. The van der Waals surface area contributed by atoms with Crippen molar-refractivity contribution < 1.29 is 0 Å². The summed E-state index contributed by atoms with van der Waals surface area (Å²) in [6.45, 7) is 6.92. The Morgan fingerprint density at radius 1 is 0.464 bits per heavy atom. The van der Waals surface area contributed by atoms with E-state index in [1.165, 1.54) is 88.0 Å². The van der Waals surface area contributed by atoms with Crippen molar-refractivity contribution in [3.05, 3.63) is 193 Å². The van der Waals surface area contributed by atoms with Crippen LogP contribution in [0.3, 0.4) is 0 Å². The fourth-order valence-electron chi connectivity index (χ4n) is 9.60. The van der Waals surface area contributed by atoms with Gasteiger partial charge in [-0.15, -0.1) is 0 Å². The largest absolute Gasteiger partial charge is 0.296 e. The van der Waals surface area contributed by atoms with Crippen LogP contribution in [0.15, 0.2) is 176 Å². The molecule has 56 heavy (non-hydrogen) atoms. The summed E-state index contributed by atoms with van der Waals surface area (Å²) >= 11 is 0. The number of aryl methyl sites for hydroxylation is 1. The van der Waals surface area contributed by atoms with Crippen molar-refractivity contribution in [2.24, 2.45) is 0 Å². The Morgan fingerprint density at radius 2 is 1.09 bits per heavy atom. The van der Waals surface area contributed by atoms with Crippen LogP contribution in [-0.2, 0) is 11.8 Å². The highest BCUT2D eigenvalue weighted by Gasteiger charge is 2.35. The maximum atomic E-state index is 4.95. The van der Waals surface area contributed by atoms with Crippen molar-refractivity contribution in [1.29, 1.82) is 0 Å². The van der Waals surface area contributed by atoms with Crippen LogP contribution in [0.1, 0.15) is 37.7 Å². The fourth-order valence-corrected chi connectivity index (χ4v) is 9.60. The Kier molecular flexibility index (Phi) is 7.21. The summed E-state index contributed by atoms with van der Waals surface area (Å²) in [5, 5.41) is 7.49. The standard InChI is InChI=1S/C54H40N2/c1-4-51-55-49-20-12-13-21-50(49)56(51)40-27-24-35-30-38(23-22-36(35)31-40)52-43-17-8-9-18-44(43)53(46-32-37(25-29-45(46)52)34-14-6-5-7-15-34)39-26-28-42-41-16-10-11-19-47(41)54(2,3)48(42)33-39/h5-33H,4H2,1-3H3. The second-order valence-corrected chi connectivity index (χ2v) is 15.8. The van der Waals surface area contributed by atoms with E-state index in [9.17, 15) is 0 Å². The fraction of sp³-hybridized carbons (Fsp3) is 0.0926. The van der Waals surface area contributed by atoms with Crippen LogP contribution in [0.25, 0.3) is 93.5 Å². The maximum Gasteiger partial charge on any atom is 0.114 e. The molecule has 9 aromatic carbocycles. The van der Waals surface area contributed by atoms with Gasteiger partial charge in [-0.05, 0) is 130 Å². The van der Waals surface area contributed by atoms with Crippen molar-refractivity contribution in [2.75, 3.05) is 0 Å². The number of fused-ring (bicyclic) bond motifs is 7. The topological polar surface area (TPSA) is 17.8 Å². The van der Waals surface area contributed by atoms with Crippen LogP contribution in [0, 0.1) is 0 Å². The van der Waals surface area contributed by atoms with Gasteiger partial charge in [0.1, 0.15) is 5.82 Å². The molecular formula is C54H40N2. The molecule has 10 aromatic rings. The van der Waals surface area contributed by atoms with Crippen molar-refractivity contribution >= 4 is 43.4 Å². The number of rotatable bonds is 5. The van der Waals surface area contributed by atoms with E-state index in [1.54, 1.807) is 0 Å². The predicted molar refractivity (Wildman–Crippen MR) is 237 cm³/mol. The van der Waals surface area contributed by atoms with Gasteiger partial charge in [-0.1, -0.05) is 154 Å². The number of hydrogen-bond acceptors (Lipinski definition) is 1. The van der Waals surface area contributed by atoms with Crippen LogP contribution in [0.2, 0.25) is 0 Å². The summed E-state index contributed by atoms with van der Waals surface area (Å²) in [4.78, 5) is 4.95. The van der Waals surface area contributed by atoms with Gasteiger partial charge in [0.2, 0.25) is 0 Å². The van der Waals surface area contributed by atoms with Gasteiger partial charge in [0.05, 0.1) is 11.0 Å². The minimum Gasteiger partial charge on any atom is -0.296 e. The minimum atomic E-state index is -0.0866. The third-order valence-corrected chi connectivity index (χ3v) is 12.3. The molecule has 0 aliphatic heterocycles. The van der Waals surface area contributed by atoms with Gasteiger partial charge in [-0.25, -0.2) is 4.98 Å². The van der Waals surface area contributed by atoms with Gasteiger partial charge in [0.25, 0.3) is 0 Å². The zero-order chi connectivity index (χ0) is 37.5. The second kappa shape index (κ2) is 12.4. The van der Waals surface area contributed by atoms with Gasteiger partial charge in [-0.3, -0.25) is 4.57 Å². The van der Waals surface area contributed by atoms with Gasteiger partial charge >= 0.3 is 0 Å². The normalized spacial score (nSPS) is 13.1. The van der Waals surface area contributed by atoms with E-state index in [2.05, 4.69) is 201 Å². The van der Waals surface area contributed by atoms with E-state index in [4.69, 9.17) is 4.98 Å². The smallest absolute Gasteiger partial charge is 0.114 e. The Bertz CT molecular complexity index is 3200. The van der Waals surface area contributed by atoms with Gasteiger partial charge < -0.3 is 0 Å². The van der Waals surface area contributed by atoms with Gasteiger partial charge in [0.15, 0.2) is 0 Å². The third-order valence-electron chi connectivity index (χ3n) is 12.3. The average molecular weight is 717 g/mol. The molecule has 0 saturated heterocycles. The molecule has 0 N–H and O–H groups in total. The second-order valence-electron chi connectivity index (χ2n) is 15.8. The molecule has 1 heterocycles. The van der Waals surface area contributed by atoms with E-state index in [0.29, 0.717) is 0 Å². The van der Waals surface area contributed by atoms with E-state index >= 15 is 0 Å². The molecule has 0 bridgehead atoms. The molecule has 11 rings (SSSR count). The molecule has 266 valence electrons. The molecule has 1 aliphatic carbocycles. The zero-order valence-electron chi connectivity index (χ0n) is 31.8. The molecule has 2 nitrogen and oxygen atoms in total. The molecule has 0 amide bonds. The molecule has 1 aliphatic rings. The Labute approximate surface area is 327 Å². The first-order valence-corrected chi connectivity index (χ1v) is 19.8. The summed E-state index contributed by atoms with van der Waals surface area (Å²) in [5.41, 5.74) is 16.2. The van der Waals surface area contributed by atoms with E-state index in [0.717, 1.165) is 29.0 Å². The maximum absolute atomic E-state index is 4.95. The van der Waals surface area contributed by atoms with Crippen LogP contribution < -0.4 is 0 Å². The van der Waals surface area contributed by atoms with Crippen molar-refractivity contribution in [1.82, 2.24) is 9.55 Å². The number of benzene rings is 9. The van der Waals surface area contributed by atoms with Crippen LogP contribution in [-0.4, -0.2) is 9.55 Å². The van der Waals surface area contributed by atoms with Crippen LogP contribution >= 0.6 is 0 Å².